The summed E-state index contributed by atoms with van der Waals surface area (Å²) in [6.45, 7) is 5.71. The molecule has 0 amide bonds. The summed E-state index contributed by atoms with van der Waals surface area (Å²) in [5, 5.41) is 8.36. The monoisotopic (exact) mass is 279 g/mol. The smallest absolute Gasteiger partial charge is 0.222 e. The van der Waals surface area contributed by atoms with E-state index < -0.39 is 0 Å². The van der Waals surface area contributed by atoms with E-state index in [0.29, 0.717) is 10.8 Å². The van der Waals surface area contributed by atoms with Gasteiger partial charge >= 0.3 is 0 Å². The van der Waals surface area contributed by atoms with Gasteiger partial charge in [0.05, 0.1) is 11.3 Å². The maximum Gasteiger partial charge on any atom is 0.222 e. The van der Waals surface area contributed by atoms with E-state index in [9.17, 15) is 0 Å². The molecule has 2 rings (SSSR count). The highest BCUT2D eigenvalue weighted by Crippen LogP contribution is 2.28. The lowest BCUT2D eigenvalue weighted by Crippen LogP contribution is -2.12. The van der Waals surface area contributed by atoms with Crippen LogP contribution in [0.4, 0.5) is 0 Å². The van der Waals surface area contributed by atoms with Crippen molar-refractivity contribution in [2.75, 3.05) is 6.54 Å². The summed E-state index contributed by atoms with van der Waals surface area (Å²) in [4.78, 5) is 0. The summed E-state index contributed by atoms with van der Waals surface area (Å²) in [6, 6.07) is 7.36. The van der Waals surface area contributed by atoms with Gasteiger partial charge in [-0.1, -0.05) is 24.6 Å². The van der Waals surface area contributed by atoms with E-state index >= 15 is 0 Å². The van der Waals surface area contributed by atoms with E-state index in [1.54, 1.807) is 10.7 Å². The Bertz CT molecular complexity index is 566. The number of ether oxygens (including phenoxy) is 1. The SMILES string of the molecule is CCNCc1c(C)nn(C)c1Oc1cccc(Cl)c1. The van der Waals surface area contributed by atoms with Crippen molar-refractivity contribution >= 4 is 11.6 Å². The Balaban J connectivity index is 2.28. The first-order valence-corrected chi connectivity index (χ1v) is 6.66. The molecule has 5 heteroatoms. The van der Waals surface area contributed by atoms with Gasteiger partial charge < -0.3 is 10.1 Å². The zero-order chi connectivity index (χ0) is 13.8. The van der Waals surface area contributed by atoms with Crippen molar-refractivity contribution in [3.63, 3.8) is 0 Å². The molecule has 102 valence electrons. The Morgan fingerprint density at radius 2 is 2.21 bits per heavy atom. The van der Waals surface area contributed by atoms with E-state index in [2.05, 4.69) is 17.3 Å². The quantitative estimate of drug-likeness (QED) is 0.913. The zero-order valence-corrected chi connectivity index (χ0v) is 12.2. The van der Waals surface area contributed by atoms with Crippen molar-refractivity contribution in [3.05, 3.63) is 40.5 Å². The second kappa shape index (κ2) is 6.08. The van der Waals surface area contributed by atoms with Crippen LogP contribution in [0.2, 0.25) is 5.02 Å². The lowest BCUT2D eigenvalue weighted by Gasteiger charge is -2.09. The van der Waals surface area contributed by atoms with Crippen LogP contribution in [0.15, 0.2) is 24.3 Å². The molecule has 0 spiro atoms. The number of benzene rings is 1. The molecule has 1 aromatic carbocycles. The van der Waals surface area contributed by atoms with Crippen LogP contribution in [0.5, 0.6) is 11.6 Å². The van der Waals surface area contributed by atoms with Gasteiger partial charge in [0.1, 0.15) is 5.75 Å². The van der Waals surface area contributed by atoms with Gasteiger partial charge in [-0.2, -0.15) is 5.10 Å². The van der Waals surface area contributed by atoms with Crippen LogP contribution in [0.25, 0.3) is 0 Å². The van der Waals surface area contributed by atoms with Crippen LogP contribution >= 0.6 is 11.6 Å². The molecule has 1 aromatic heterocycles. The van der Waals surface area contributed by atoms with Crippen molar-refractivity contribution in [1.82, 2.24) is 15.1 Å². The molecule has 0 aliphatic carbocycles. The average molecular weight is 280 g/mol. The summed E-state index contributed by atoms with van der Waals surface area (Å²) in [5.41, 5.74) is 2.05. The molecule has 0 atom stereocenters. The number of hydrogen-bond acceptors (Lipinski definition) is 3. The second-order valence-electron chi connectivity index (χ2n) is 4.33. The molecule has 0 saturated heterocycles. The standard InChI is InChI=1S/C14H18ClN3O/c1-4-16-9-13-10(2)17-18(3)14(13)19-12-7-5-6-11(15)8-12/h5-8,16H,4,9H2,1-3H3. The van der Waals surface area contributed by atoms with Gasteiger partial charge in [-0.05, 0) is 31.7 Å². The van der Waals surface area contributed by atoms with Gasteiger partial charge in [0.25, 0.3) is 0 Å². The minimum absolute atomic E-state index is 0.657. The third kappa shape index (κ3) is 3.28. The van der Waals surface area contributed by atoms with Gasteiger partial charge in [-0.3, -0.25) is 0 Å². The number of hydrogen-bond donors (Lipinski definition) is 1. The van der Waals surface area contributed by atoms with Crippen LogP contribution in [0.3, 0.4) is 0 Å². The molecule has 0 radical (unpaired) electrons. The van der Waals surface area contributed by atoms with Gasteiger partial charge in [0.15, 0.2) is 0 Å². The summed E-state index contributed by atoms with van der Waals surface area (Å²) >= 11 is 5.96. The molecular formula is C14H18ClN3O. The Labute approximate surface area is 118 Å². The van der Waals surface area contributed by atoms with Crippen LogP contribution in [-0.4, -0.2) is 16.3 Å². The van der Waals surface area contributed by atoms with Gasteiger partial charge in [-0.15, -0.1) is 0 Å². The van der Waals surface area contributed by atoms with Crippen molar-refractivity contribution < 1.29 is 4.74 Å². The van der Waals surface area contributed by atoms with Gasteiger partial charge in [0, 0.05) is 18.6 Å². The Morgan fingerprint density at radius 3 is 2.89 bits per heavy atom. The zero-order valence-electron chi connectivity index (χ0n) is 11.4. The predicted molar refractivity (Wildman–Crippen MR) is 76.9 cm³/mol. The van der Waals surface area contributed by atoms with Gasteiger partial charge in [-0.25, -0.2) is 4.68 Å². The largest absolute Gasteiger partial charge is 0.439 e. The third-order valence-corrected chi connectivity index (χ3v) is 3.09. The number of rotatable bonds is 5. The molecular weight excluding hydrogens is 262 g/mol. The lowest BCUT2D eigenvalue weighted by molar-refractivity contribution is 0.424. The Hall–Kier alpha value is -1.52. The van der Waals surface area contributed by atoms with Crippen molar-refractivity contribution in [2.45, 2.75) is 20.4 Å². The summed E-state index contributed by atoms with van der Waals surface area (Å²) in [5.74, 6) is 1.47. The number of nitrogens with zero attached hydrogens (tertiary/aromatic N) is 2. The van der Waals surface area contributed by atoms with Crippen LogP contribution in [0, 0.1) is 6.92 Å². The fraction of sp³-hybridized carbons (Fsp3) is 0.357. The lowest BCUT2D eigenvalue weighted by atomic mass is 10.2. The Morgan fingerprint density at radius 1 is 1.42 bits per heavy atom. The Kier molecular flexibility index (Phi) is 4.45. The minimum atomic E-state index is 0.657. The van der Waals surface area contributed by atoms with Crippen LogP contribution < -0.4 is 10.1 Å². The maximum atomic E-state index is 5.96. The third-order valence-electron chi connectivity index (χ3n) is 2.85. The van der Waals surface area contributed by atoms with E-state index in [1.807, 2.05) is 32.2 Å². The van der Waals surface area contributed by atoms with Gasteiger partial charge in [0.2, 0.25) is 5.88 Å². The molecule has 0 fully saturated rings. The molecule has 0 bridgehead atoms. The van der Waals surface area contributed by atoms with Crippen molar-refractivity contribution in [2.24, 2.45) is 7.05 Å². The summed E-state index contributed by atoms with van der Waals surface area (Å²) < 4.78 is 7.67. The van der Waals surface area contributed by atoms with Crippen LogP contribution in [0.1, 0.15) is 18.2 Å². The van der Waals surface area contributed by atoms with Crippen LogP contribution in [-0.2, 0) is 13.6 Å². The van der Waals surface area contributed by atoms with Crippen molar-refractivity contribution in [3.8, 4) is 11.6 Å². The number of aryl methyl sites for hydroxylation is 2. The second-order valence-corrected chi connectivity index (χ2v) is 4.77. The molecule has 4 nitrogen and oxygen atoms in total. The minimum Gasteiger partial charge on any atom is -0.439 e. The normalized spacial score (nSPS) is 10.7. The molecule has 0 aliphatic rings. The first kappa shape index (κ1) is 13.9. The highest BCUT2D eigenvalue weighted by atomic mass is 35.5. The highest BCUT2D eigenvalue weighted by molar-refractivity contribution is 6.30. The molecule has 0 aliphatic heterocycles. The first-order chi connectivity index (χ1) is 9.11. The van der Waals surface area contributed by atoms with Crippen molar-refractivity contribution in [1.29, 1.82) is 0 Å². The highest BCUT2D eigenvalue weighted by Gasteiger charge is 2.15. The number of aromatic nitrogens is 2. The van der Waals surface area contributed by atoms with E-state index in [-0.39, 0.29) is 0 Å². The van der Waals surface area contributed by atoms with E-state index in [0.717, 1.165) is 30.2 Å². The number of halogens is 1. The van der Waals surface area contributed by atoms with E-state index in [1.165, 1.54) is 0 Å². The predicted octanol–water partition coefficient (Wildman–Crippen LogP) is 3.28. The fourth-order valence-corrected chi connectivity index (χ4v) is 2.08. The first-order valence-electron chi connectivity index (χ1n) is 6.28. The summed E-state index contributed by atoms with van der Waals surface area (Å²) in [7, 11) is 1.88. The number of nitrogens with one attached hydrogen (secondary N) is 1. The topological polar surface area (TPSA) is 39.1 Å². The molecule has 1 heterocycles. The average Bonchev–Trinajstić information content (AvgIpc) is 2.62. The molecule has 1 N–H and O–H groups in total. The fourth-order valence-electron chi connectivity index (χ4n) is 1.90. The molecule has 19 heavy (non-hydrogen) atoms. The molecule has 2 aromatic rings. The van der Waals surface area contributed by atoms with E-state index in [4.69, 9.17) is 16.3 Å². The maximum absolute atomic E-state index is 5.96. The summed E-state index contributed by atoms with van der Waals surface area (Å²) in [6.07, 6.45) is 0. The molecule has 0 saturated carbocycles. The molecule has 0 unspecified atom stereocenters.